The molecule has 0 unspecified atom stereocenters. The molecule has 4 heteroatoms. The van der Waals surface area contributed by atoms with Gasteiger partial charge in [-0.2, -0.15) is 0 Å². The summed E-state index contributed by atoms with van der Waals surface area (Å²) in [6.45, 7) is 7.80. The van der Waals surface area contributed by atoms with Crippen LogP contribution in [0.2, 0.25) is 0 Å². The van der Waals surface area contributed by atoms with Gasteiger partial charge in [-0.3, -0.25) is 9.59 Å². The van der Waals surface area contributed by atoms with Gasteiger partial charge in [-0.05, 0) is 51.7 Å². The normalized spacial score (nSPS) is 21.6. The second kappa shape index (κ2) is 6.34. The van der Waals surface area contributed by atoms with Crippen molar-refractivity contribution < 1.29 is 14.7 Å². The highest BCUT2D eigenvalue weighted by molar-refractivity contribution is 5.96. The van der Waals surface area contributed by atoms with Crippen molar-refractivity contribution in [3.05, 3.63) is 40.5 Å². The first kappa shape index (κ1) is 16.3. The van der Waals surface area contributed by atoms with Gasteiger partial charge in [0, 0.05) is 5.69 Å². The SMILES string of the molecule is CC1=C(C)C[C@@H](C(=O)O)[C@@H](C(=O)Nc2c(C)cccc2C)C1. The zero-order chi connectivity index (χ0) is 16.4. The van der Waals surface area contributed by atoms with Crippen molar-refractivity contribution in [2.24, 2.45) is 11.8 Å². The Morgan fingerprint density at radius 2 is 1.50 bits per heavy atom. The largest absolute Gasteiger partial charge is 0.481 e. The number of allylic oxidation sites excluding steroid dienone is 2. The summed E-state index contributed by atoms with van der Waals surface area (Å²) in [7, 11) is 0. The maximum absolute atomic E-state index is 12.6. The van der Waals surface area contributed by atoms with Crippen LogP contribution < -0.4 is 5.32 Å². The molecule has 1 amide bonds. The van der Waals surface area contributed by atoms with E-state index in [1.54, 1.807) is 0 Å². The number of hydrogen-bond donors (Lipinski definition) is 2. The Kier molecular flexibility index (Phi) is 4.69. The third kappa shape index (κ3) is 3.21. The monoisotopic (exact) mass is 301 g/mol. The van der Waals surface area contributed by atoms with Crippen molar-refractivity contribution >= 4 is 17.6 Å². The number of nitrogens with one attached hydrogen (secondary N) is 1. The number of aliphatic carboxylic acids is 1. The van der Waals surface area contributed by atoms with Crippen LogP contribution in [0.25, 0.3) is 0 Å². The van der Waals surface area contributed by atoms with Crippen molar-refractivity contribution in [3.63, 3.8) is 0 Å². The molecule has 118 valence electrons. The number of para-hydroxylation sites is 1. The number of hydrogen-bond acceptors (Lipinski definition) is 2. The van der Waals surface area contributed by atoms with E-state index in [2.05, 4.69) is 5.32 Å². The minimum absolute atomic E-state index is 0.198. The van der Waals surface area contributed by atoms with Crippen LogP contribution in [0, 0.1) is 25.7 Å². The van der Waals surface area contributed by atoms with Gasteiger partial charge in [-0.15, -0.1) is 0 Å². The number of anilines is 1. The number of benzene rings is 1. The zero-order valence-corrected chi connectivity index (χ0v) is 13.6. The lowest BCUT2D eigenvalue weighted by atomic mass is 9.76. The van der Waals surface area contributed by atoms with Gasteiger partial charge in [0.1, 0.15) is 0 Å². The van der Waals surface area contributed by atoms with Crippen molar-refractivity contribution in [1.29, 1.82) is 0 Å². The predicted molar refractivity (Wildman–Crippen MR) is 86.8 cm³/mol. The standard InChI is InChI=1S/C18H23NO3/c1-10-6-5-7-11(2)16(10)19-17(20)14-8-12(3)13(4)9-15(14)18(21)22/h5-7,14-15H,8-9H2,1-4H3,(H,19,20)(H,21,22)/t14-,15+/m0/s1. The van der Waals surface area contributed by atoms with Crippen LogP contribution in [0.3, 0.4) is 0 Å². The summed E-state index contributed by atoms with van der Waals surface area (Å²) in [4.78, 5) is 24.1. The van der Waals surface area contributed by atoms with Crippen LogP contribution in [-0.4, -0.2) is 17.0 Å². The first-order valence-electron chi connectivity index (χ1n) is 7.56. The van der Waals surface area contributed by atoms with E-state index in [1.165, 1.54) is 0 Å². The van der Waals surface area contributed by atoms with Gasteiger partial charge in [-0.1, -0.05) is 29.3 Å². The second-order valence-electron chi connectivity index (χ2n) is 6.28. The molecule has 0 saturated carbocycles. The molecule has 4 nitrogen and oxygen atoms in total. The van der Waals surface area contributed by atoms with Gasteiger partial charge in [0.15, 0.2) is 0 Å². The van der Waals surface area contributed by atoms with Gasteiger partial charge in [0.25, 0.3) is 0 Å². The molecule has 0 bridgehead atoms. The Bertz CT molecular complexity index is 625. The predicted octanol–water partition coefficient (Wildman–Crippen LogP) is 3.69. The first-order valence-corrected chi connectivity index (χ1v) is 7.56. The molecule has 1 aromatic carbocycles. The summed E-state index contributed by atoms with van der Waals surface area (Å²) in [5.41, 5.74) is 4.97. The summed E-state index contributed by atoms with van der Waals surface area (Å²) in [6, 6.07) is 5.82. The van der Waals surface area contributed by atoms with Crippen molar-refractivity contribution in [2.45, 2.75) is 40.5 Å². The zero-order valence-electron chi connectivity index (χ0n) is 13.6. The van der Waals surface area contributed by atoms with Gasteiger partial charge < -0.3 is 10.4 Å². The lowest BCUT2D eigenvalue weighted by Gasteiger charge is -2.29. The lowest BCUT2D eigenvalue weighted by Crippen LogP contribution is -2.36. The Morgan fingerprint density at radius 3 is 2.00 bits per heavy atom. The van der Waals surface area contributed by atoms with Crippen LogP contribution in [0.1, 0.15) is 37.8 Å². The maximum Gasteiger partial charge on any atom is 0.307 e. The smallest absolute Gasteiger partial charge is 0.307 e. The summed E-state index contributed by atoms with van der Waals surface area (Å²) in [5.74, 6) is -2.25. The van der Waals surface area contributed by atoms with Crippen LogP contribution in [0.15, 0.2) is 29.3 Å². The average Bonchev–Trinajstić information content (AvgIpc) is 2.45. The highest BCUT2D eigenvalue weighted by atomic mass is 16.4. The van der Waals surface area contributed by atoms with Crippen molar-refractivity contribution in [2.75, 3.05) is 5.32 Å². The van der Waals surface area contributed by atoms with Gasteiger partial charge in [0.05, 0.1) is 11.8 Å². The molecule has 1 aliphatic rings. The van der Waals surface area contributed by atoms with E-state index >= 15 is 0 Å². The van der Waals surface area contributed by atoms with Crippen LogP contribution in [0.5, 0.6) is 0 Å². The number of carbonyl (C=O) groups is 2. The fourth-order valence-corrected chi connectivity index (χ4v) is 3.06. The van der Waals surface area contributed by atoms with E-state index in [1.807, 2.05) is 45.9 Å². The topological polar surface area (TPSA) is 66.4 Å². The number of amides is 1. The molecule has 2 N–H and O–H groups in total. The molecule has 1 aromatic rings. The van der Waals surface area contributed by atoms with Crippen LogP contribution in [0.4, 0.5) is 5.69 Å². The fourth-order valence-electron chi connectivity index (χ4n) is 3.06. The van der Waals surface area contributed by atoms with E-state index in [4.69, 9.17) is 0 Å². The quantitative estimate of drug-likeness (QED) is 0.837. The number of aryl methyl sites for hydroxylation is 2. The molecule has 2 rings (SSSR count). The van der Waals surface area contributed by atoms with Crippen LogP contribution >= 0.6 is 0 Å². The maximum atomic E-state index is 12.6. The van der Waals surface area contributed by atoms with E-state index in [0.29, 0.717) is 12.8 Å². The van der Waals surface area contributed by atoms with Gasteiger partial charge in [0.2, 0.25) is 5.91 Å². The Balaban J connectivity index is 2.26. The van der Waals surface area contributed by atoms with Crippen molar-refractivity contribution in [1.82, 2.24) is 0 Å². The molecule has 0 aliphatic heterocycles. The van der Waals surface area contributed by atoms with Gasteiger partial charge in [-0.25, -0.2) is 0 Å². The lowest BCUT2D eigenvalue weighted by molar-refractivity contribution is -0.146. The summed E-state index contributed by atoms with van der Waals surface area (Å²) >= 11 is 0. The molecule has 0 spiro atoms. The minimum Gasteiger partial charge on any atom is -0.481 e. The number of carboxylic acids is 1. The van der Waals surface area contributed by atoms with Gasteiger partial charge >= 0.3 is 5.97 Å². The molecule has 0 fully saturated rings. The number of rotatable bonds is 3. The number of carboxylic acid groups (broad SMARTS) is 1. The fraction of sp³-hybridized carbons (Fsp3) is 0.444. The molecule has 22 heavy (non-hydrogen) atoms. The Morgan fingerprint density at radius 1 is 1.00 bits per heavy atom. The molecule has 0 radical (unpaired) electrons. The minimum atomic E-state index is -0.895. The number of carbonyl (C=O) groups excluding carboxylic acids is 1. The molecule has 2 atom stereocenters. The Hall–Kier alpha value is -2.10. The highest BCUT2D eigenvalue weighted by Gasteiger charge is 2.37. The second-order valence-corrected chi connectivity index (χ2v) is 6.28. The van der Waals surface area contributed by atoms with E-state index in [9.17, 15) is 14.7 Å². The molecular formula is C18H23NO3. The van der Waals surface area contributed by atoms with E-state index in [-0.39, 0.29) is 5.91 Å². The first-order chi connectivity index (χ1) is 10.3. The summed E-state index contributed by atoms with van der Waals surface area (Å²) in [5, 5.41) is 12.4. The molecule has 1 aliphatic carbocycles. The highest BCUT2D eigenvalue weighted by Crippen LogP contribution is 2.35. The Labute approximate surface area is 131 Å². The van der Waals surface area contributed by atoms with E-state index in [0.717, 1.165) is 28.0 Å². The molecule has 0 saturated heterocycles. The molecular weight excluding hydrogens is 278 g/mol. The third-order valence-electron chi connectivity index (χ3n) is 4.65. The molecule has 0 aromatic heterocycles. The summed E-state index contributed by atoms with van der Waals surface area (Å²) < 4.78 is 0. The molecule has 0 heterocycles. The van der Waals surface area contributed by atoms with Crippen LogP contribution in [-0.2, 0) is 9.59 Å². The average molecular weight is 301 g/mol. The van der Waals surface area contributed by atoms with E-state index < -0.39 is 17.8 Å². The van der Waals surface area contributed by atoms with Crippen molar-refractivity contribution in [3.8, 4) is 0 Å². The third-order valence-corrected chi connectivity index (χ3v) is 4.65. The summed E-state index contributed by atoms with van der Waals surface area (Å²) in [6.07, 6.45) is 0.964.